The number of aliphatic hydroxyl groups excluding tert-OH is 1. The maximum atomic E-state index is 11.2. The summed E-state index contributed by atoms with van der Waals surface area (Å²) in [7, 11) is 0. The topological polar surface area (TPSA) is 107 Å². The molecule has 0 amide bonds. The second-order valence-electron chi connectivity index (χ2n) is 5.98. The summed E-state index contributed by atoms with van der Waals surface area (Å²) >= 11 is 0. The average molecular weight is 314 g/mol. The monoisotopic (exact) mass is 314 g/mol. The third kappa shape index (κ3) is 5.36. The highest BCUT2D eigenvalue weighted by molar-refractivity contribution is 4.91. The van der Waals surface area contributed by atoms with Gasteiger partial charge in [-0.2, -0.15) is 0 Å². The first-order chi connectivity index (χ1) is 10.5. The van der Waals surface area contributed by atoms with Crippen LogP contribution >= 0.6 is 0 Å². The molecule has 4 unspecified atom stereocenters. The van der Waals surface area contributed by atoms with Gasteiger partial charge in [0.1, 0.15) is 6.10 Å². The first-order valence-electron chi connectivity index (χ1n) is 8.09. The number of rotatable bonds is 9. The van der Waals surface area contributed by atoms with E-state index >= 15 is 0 Å². The molecule has 0 saturated heterocycles. The molecule has 0 bridgehead atoms. The number of unbranched alkanes of at least 4 members (excludes halogenated alkanes) is 3. The van der Waals surface area contributed by atoms with Crippen LogP contribution in [0.15, 0.2) is 12.2 Å². The van der Waals surface area contributed by atoms with Gasteiger partial charge in [0, 0.05) is 16.3 Å². The van der Waals surface area contributed by atoms with Crippen LogP contribution in [-0.4, -0.2) is 33.1 Å². The van der Waals surface area contributed by atoms with Gasteiger partial charge in [0.05, 0.1) is 5.92 Å². The van der Waals surface area contributed by atoms with E-state index in [0.717, 1.165) is 19.3 Å². The second-order valence-corrected chi connectivity index (χ2v) is 5.98. The Morgan fingerprint density at radius 1 is 1.09 bits per heavy atom. The first-order valence-corrected chi connectivity index (χ1v) is 8.09. The Balaban J connectivity index is 2.59. The normalized spacial score (nSPS) is 28.8. The summed E-state index contributed by atoms with van der Waals surface area (Å²) < 4.78 is 0. The van der Waals surface area contributed by atoms with Crippen LogP contribution in [0.25, 0.3) is 0 Å². The van der Waals surface area contributed by atoms with Gasteiger partial charge in [0.15, 0.2) is 0 Å². The zero-order valence-electron chi connectivity index (χ0n) is 13.1. The number of allylic oxidation sites excluding steroid dienone is 2. The highest BCUT2D eigenvalue weighted by atomic mass is 16.6. The van der Waals surface area contributed by atoms with Crippen molar-refractivity contribution in [1.82, 2.24) is 0 Å². The predicted octanol–water partition coefficient (Wildman–Crippen LogP) is 2.96. The van der Waals surface area contributed by atoms with Gasteiger partial charge in [-0.05, 0) is 32.1 Å². The van der Waals surface area contributed by atoms with Crippen molar-refractivity contribution < 1.29 is 15.0 Å². The summed E-state index contributed by atoms with van der Waals surface area (Å²) in [6.45, 7) is 2.13. The van der Waals surface area contributed by atoms with Crippen molar-refractivity contribution in [1.29, 1.82) is 0 Å². The smallest absolute Gasteiger partial charge is 0.247 e. The fourth-order valence-electron chi connectivity index (χ4n) is 3.20. The highest BCUT2D eigenvalue weighted by Crippen LogP contribution is 2.32. The zero-order chi connectivity index (χ0) is 16.5. The van der Waals surface area contributed by atoms with Gasteiger partial charge in [0.2, 0.25) is 12.1 Å². The van der Waals surface area contributed by atoms with Gasteiger partial charge in [0.25, 0.3) is 0 Å². The predicted molar refractivity (Wildman–Crippen MR) is 82.8 cm³/mol. The Morgan fingerprint density at radius 2 is 1.77 bits per heavy atom. The van der Waals surface area contributed by atoms with E-state index < -0.39 is 34.0 Å². The Hall–Kier alpha value is -1.50. The first kappa shape index (κ1) is 18.5. The molecule has 0 aromatic rings. The van der Waals surface area contributed by atoms with Crippen molar-refractivity contribution in [2.75, 3.05) is 0 Å². The SMILES string of the molecule is CCCCC/C=C/CCC1C([N+](=O)[O-])CCC(O)C1[N+](=O)[O-]. The molecule has 22 heavy (non-hydrogen) atoms. The van der Waals surface area contributed by atoms with E-state index in [0.29, 0.717) is 12.8 Å². The minimum absolute atomic E-state index is 0.126. The minimum atomic E-state index is -1.22. The van der Waals surface area contributed by atoms with Gasteiger partial charge >= 0.3 is 0 Å². The summed E-state index contributed by atoms with van der Waals surface area (Å²) in [6, 6.07) is -2.15. The summed E-state index contributed by atoms with van der Waals surface area (Å²) in [5.74, 6) is -0.700. The Morgan fingerprint density at radius 3 is 2.36 bits per heavy atom. The van der Waals surface area contributed by atoms with Gasteiger partial charge < -0.3 is 5.11 Å². The molecule has 0 aromatic carbocycles. The molecule has 1 saturated carbocycles. The molecule has 1 rings (SSSR count). The van der Waals surface area contributed by atoms with E-state index in [2.05, 4.69) is 6.92 Å². The van der Waals surface area contributed by atoms with Crippen LogP contribution in [0.3, 0.4) is 0 Å². The molecule has 4 atom stereocenters. The van der Waals surface area contributed by atoms with Crippen LogP contribution in [0, 0.1) is 26.1 Å². The van der Waals surface area contributed by atoms with Crippen molar-refractivity contribution in [3.63, 3.8) is 0 Å². The van der Waals surface area contributed by atoms with E-state index in [4.69, 9.17) is 0 Å². The largest absolute Gasteiger partial charge is 0.386 e. The number of nitro groups is 2. The van der Waals surface area contributed by atoms with Crippen LogP contribution in [0.4, 0.5) is 0 Å². The standard InChI is InChI=1S/C15H26N2O5/c1-2-3-4-5-6-7-8-9-12-13(16(19)20)10-11-14(18)15(12)17(21)22/h6-7,12-15,18H,2-5,8-11H2,1H3/b7-6+. The lowest BCUT2D eigenvalue weighted by atomic mass is 9.76. The van der Waals surface area contributed by atoms with Gasteiger partial charge in [-0.3, -0.25) is 20.2 Å². The number of aliphatic hydroxyl groups is 1. The molecule has 1 aliphatic carbocycles. The molecular formula is C15H26N2O5. The third-order valence-electron chi connectivity index (χ3n) is 4.41. The Kier molecular flexibility index (Phi) is 8.01. The summed E-state index contributed by atoms with van der Waals surface area (Å²) in [5, 5.41) is 32.1. The van der Waals surface area contributed by atoms with Crippen LogP contribution in [0.5, 0.6) is 0 Å². The fourth-order valence-corrected chi connectivity index (χ4v) is 3.20. The van der Waals surface area contributed by atoms with E-state index in [9.17, 15) is 25.3 Å². The van der Waals surface area contributed by atoms with Gasteiger partial charge in [-0.25, -0.2) is 0 Å². The minimum Gasteiger partial charge on any atom is -0.386 e. The molecule has 0 heterocycles. The van der Waals surface area contributed by atoms with Crippen molar-refractivity contribution in [2.24, 2.45) is 5.92 Å². The fraction of sp³-hybridized carbons (Fsp3) is 0.867. The molecule has 7 heteroatoms. The lowest BCUT2D eigenvalue weighted by molar-refractivity contribution is -0.591. The van der Waals surface area contributed by atoms with E-state index in [1.54, 1.807) is 0 Å². The molecule has 0 radical (unpaired) electrons. The van der Waals surface area contributed by atoms with Crippen LogP contribution in [0.1, 0.15) is 58.3 Å². The second kappa shape index (κ2) is 9.50. The lowest BCUT2D eigenvalue weighted by Crippen LogP contribution is -2.51. The van der Waals surface area contributed by atoms with Crippen molar-refractivity contribution in [3.8, 4) is 0 Å². The molecule has 1 aliphatic rings. The molecular weight excluding hydrogens is 288 g/mol. The number of hydrogen-bond donors (Lipinski definition) is 1. The average Bonchev–Trinajstić information content (AvgIpc) is 2.45. The van der Waals surface area contributed by atoms with Crippen LogP contribution < -0.4 is 0 Å². The maximum absolute atomic E-state index is 11.2. The molecule has 0 aliphatic heterocycles. The molecule has 1 N–H and O–H groups in total. The maximum Gasteiger partial charge on any atom is 0.247 e. The summed E-state index contributed by atoms with van der Waals surface area (Å²) in [5.41, 5.74) is 0. The van der Waals surface area contributed by atoms with E-state index in [1.807, 2.05) is 12.2 Å². The molecule has 126 valence electrons. The molecule has 0 aromatic heterocycles. The third-order valence-corrected chi connectivity index (χ3v) is 4.41. The van der Waals surface area contributed by atoms with Crippen molar-refractivity contribution in [3.05, 3.63) is 32.4 Å². The molecule has 0 spiro atoms. The summed E-state index contributed by atoms with van der Waals surface area (Å²) in [6.07, 6.45) is 8.62. The van der Waals surface area contributed by atoms with Crippen molar-refractivity contribution in [2.45, 2.75) is 76.5 Å². The quantitative estimate of drug-likeness (QED) is 0.305. The Bertz CT molecular complexity index is 399. The van der Waals surface area contributed by atoms with Gasteiger partial charge in [-0.15, -0.1) is 0 Å². The van der Waals surface area contributed by atoms with E-state index in [-0.39, 0.29) is 12.8 Å². The number of hydrogen-bond acceptors (Lipinski definition) is 5. The zero-order valence-corrected chi connectivity index (χ0v) is 13.1. The van der Waals surface area contributed by atoms with E-state index in [1.165, 1.54) is 6.42 Å². The lowest BCUT2D eigenvalue weighted by Gasteiger charge is -2.31. The van der Waals surface area contributed by atoms with Gasteiger partial charge in [-0.1, -0.05) is 31.9 Å². The molecule has 1 fully saturated rings. The highest BCUT2D eigenvalue weighted by Gasteiger charge is 2.51. The van der Waals surface area contributed by atoms with Crippen LogP contribution in [-0.2, 0) is 0 Å². The number of nitrogens with zero attached hydrogens (tertiary/aromatic N) is 2. The van der Waals surface area contributed by atoms with Crippen molar-refractivity contribution >= 4 is 0 Å². The van der Waals surface area contributed by atoms with Crippen LogP contribution in [0.2, 0.25) is 0 Å². The molecule has 7 nitrogen and oxygen atoms in total. The summed E-state index contributed by atoms with van der Waals surface area (Å²) in [4.78, 5) is 21.3. The Labute approximate surface area is 130 Å².